The van der Waals surface area contributed by atoms with Gasteiger partial charge in [0.25, 0.3) is 0 Å². The van der Waals surface area contributed by atoms with E-state index in [2.05, 4.69) is 15.4 Å². The molecular formula is C10H22ClN3O3S. The molecule has 0 spiro atoms. The lowest BCUT2D eigenvalue weighted by Crippen LogP contribution is -2.47. The van der Waals surface area contributed by atoms with E-state index >= 15 is 0 Å². The molecule has 0 bridgehead atoms. The number of rotatable bonds is 6. The zero-order valence-corrected chi connectivity index (χ0v) is 12.2. The third-order valence-electron chi connectivity index (χ3n) is 2.64. The molecule has 1 atom stereocenters. The largest absolute Gasteiger partial charge is 0.355 e. The quantitative estimate of drug-likeness (QED) is 0.583. The maximum Gasteiger partial charge on any atom is 0.237 e. The highest BCUT2D eigenvalue weighted by atomic mass is 35.5. The SMILES string of the molecule is CS(=O)(=O)NCCCNC(=O)C1CCCCN1.Cl. The molecule has 1 saturated heterocycles. The zero-order chi connectivity index (χ0) is 12.7. The summed E-state index contributed by atoms with van der Waals surface area (Å²) >= 11 is 0. The standard InChI is InChI=1S/C10H21N3O3S.ClH/c1-17(15,16)13-8-4-7-12-10(14)9-5-2-3-6-11-9;/h9,11,13H,2-8H2,1H3,(H,12,14);1H. The summed E-state index contributed by atoms with van der Waals surface area (Å²) in [5, 5.41) is 5.96. The van der Waals surface area contributed by atoms with Crippen molar-refractivity contribution >= 4 is 28.3 Å². The van der Waals surface area contributed by atoms with E-state index in [1.165, 1.54) is 0 Å². The third kappa shape index (κ3) is 7.86. The van der Waals surface area contributed by atoms with E-state index in [0.29, 0.717) is 19.5 Å². The Hall–Kier alpha value is -0.370. The lowest BCUT2D eigenvalue weighted by atomic mass is 10.0. The molecule has 1 fully saturated rings. The summed E-state index contributed by atoms with van der Waals surface area (Å²) in [6.45, 7) is 1.75. The summed E-state index contributed by atoms with van der Waals surface area (Å²) < 4.78 is 23.9. The third-order valence-corrected chi connectivity index (χ3v) is 3.37. The molecule has 8 heteroatoms. The van der Waals surface area contributed by atoms with E-state index in [1.54, 1.807) is 0 Å². The molecule has 1 amide bonds. The van der Waals surface area contributed by atoms with E-state index in [0.717, 1.165) is 32.1 Å². The molecule has 1 unspecified atom stereocenters. The molecule has 6 nitrogen and oxygen atoms in total. The van der Waals surface area contributed by atoms with Crippen molar-refractivity contribution in [2.24, 2.45) is 0 Å². The molecule has 0 radical (unpaired) electrons. The molecule has 0 aromatic rings. The van der Waals surface area contributed by atoms with Gasteiger partial charge in [0.2, 0.25) is 15.9 Å². The van der Waals surface area contributed by atoms with E-state index in [9.17, 15) is 13.2 Å². The van der Waals surface area contributed by atoms with Crippen molar-refractivity contribution in [3.8, 4) is 0 Å². The summed E-state index contributed by atoms with van der Waals surface area (Å²) in [5.74, 6) is 0.0176. The average molecular weight is 300 g/mol. The van der Waals surface area contributed by atoms with E-state index in [-0.39, 0.29) is 24.4 Å². The Balaban J connectivity index is 0.00000289. The van der Waals surface area contributed by atoms with Gasteiger partial charge in [-0.2, -0.15) is 0 Å². The highest BCUT2D eigenvalue weighted by molar-refractivity contribution is 7.88. The normalized spacial score (nSPS) is 19.9. The van der Waals surface area contributed by atoms with Crippen LogP contribution in [0.15, 0.2) is 0 Å². The Morgan fingerprint density at radius 3 is 2.61 bits per heavy atom. The fourth-order valence-corrected chi connectivity index (χ4v) is 2.27. The first kappa shape index (κ1) is 17.6. The summed E-state index contributed by atoms with van der Waals surface area (Å²) in [5.41, 5.74) is 0. The Morgan fingerprint density at radius 2 is 2.06 bits per heavy atom. The minimum absolute atomic E-state index is 0. The first-order valence-corrected chi connectivity index (χ1v) is 7.84. The van der Waals surface area contributed by atoms with Gasteiger partial charge in [-0.25, -0.2) is 13.1 Å². The van der Waals surface area contributed by atoms with Crippen molar-refractivity contribution < 1.29 is 13.2 Å². The van der Waals surface area contributed by atoms with E-state index in [4.69, 9.17) is 0 Å². The second kappa shape index (κ2) is 8.68. The predicted molar refractivity (Wildman–Crippen MR) is 73.4 cm³/mol. The topological polar surface area (TPSA) is 87.3 Å². The first-order valence-electron chi connectivity index (χ1n) is 5.95. The van der Waals surface area contributed by atoms with Crippen LogP contribution in [0, 0.1) is 0 Å². The Kier molecular flexibility index (Phi) is 8.51. The number of carbonyl (C=O) groups excluding carboxylic acids is 1. The molecule has 0 aliphatic carbocycles. The summed E-state index contributed by atoms with van der Waals surface area (Å²) in [6.07, 6.45) is 4.82. The molecule has 0 saturated carbocycles. The van der Waals surface area contributed by atoms with Gasteiger partial charge in [-0.1, -0.05) is 6.42 Å². The van der Waals surface area contributed by atoms with Crippen LogP contribution in [0.1, 0.15) is 25.7 Å². The van der Waals surface area contributed by atoms with Gasteiger partial charge in [0.05, 0.1) is 12.3 Å². The highest BCUT2D eigenvalue weighted by Gasteiger charge is 2.19. The number of piperidine rings is 1. The predicted octanol–water partition coefficient (Wildman–Crippen LogP) is -0.394. The molecule has 1 rings (SSSR count). The van der Waals surface area contributed by atoms with Gasteiger partial charge in [0.15, 0.2) is 0 Å². The van der Waals surface area contributed by atoms with Crippen molar-refractivity contribution in [2.75, 3.05) is 25.9 Å². The number of sulfonamides is 1. The smallest absolute Gasteiger partial charge is 0.237 e. The van der Waals surface area contributed by atoms with Gasteiger partial charge in [0, 0.05) is 13.1 Å². The van der Waals surface area contributed by atoms with Crippen LogP contribution in [-0.2, 0) is 14.8 Å². The molecule has 0 aromatic heterocycles. The van der Waals surface area contributed by atoms with Gasteiger partial charge in [-0.05, 0) is 25.8 Å². The van der Waals surface area contributed by atoms with Crippen molar-refractivity contribution in [3.63, 3.8) is 0 Å². The van der Waals surface area contributed by atoms with Gasteiger partial charge < -0.3 is 10.6 Å². The van der Waals surface area contributed by atoms with Crippen LogP contribution < -0.4 is 15.4 Å². The van der Waals surface area contributed by atoms with Crippen LogP contribution in [0.4, 0.5) is 0 Å². The van der Waals surface area contributed by atoms with Gasteiger partial charge in [-0.15, -0.1) is 12.4 Å². The van der Waals surface area contributed by atoms with Crippen LogP contribution in [-0.4, -0.2) is 46.3 Å². The van der Waals surface area contributed by atoms with Crippen LogP contribution in [0.25, 0.3) is 0 Å². The number of carbonyl (C=O) groups is 1. The summed E-state index contributed by atoms with van der Waals surface area (Å²) in [7, 11) is -3.12. The minimum atomic E-state index is -3.12. The number of hydrogen-bond donors (Lipinski definition) is 3. The fraction of sp³-hybridized carbons (Fsp3) is 0.900. The number of hydrogen-bond acceptors (Lipinski definition) is 4. The van der Waals surface area contributed by atoms with Crippen molar-refractivity contribution in [3.05, 3.63) is 0 Å². The Labute approximate surface area is 115 Å². The lowest BCUT2D eigenvalue weighted by molar-refractivity contribution is -0.123. The summed E-state index contributed by atoms with van der Waals surface area (Å²) in [4.78, 5) is 11.6. The zero-order valence-electron chi connectivity index (χ0n) is 10.6. The molecule has 1 heterocycles. The van der Waals surface area contributed by atoms with Crippen molar-refractivity contribution in [1.29, 1.82) is 0 Å². The Bertz CT molecular complexity index is 342. The maximum atomic E-state index is 11.6. The number of amides is 1. The van der Waals surface area contributed by atoms with Crippen molar-refractivity contribution in [1.82, 2.24) is 15.4 Å². The van der Waals surface area contributed by atoms with E-state index < -0.39 is 10.0 Å². The highest BCUT2D eigenvalue weighted by Crippen LogP contribution is 2.06. The van der Waals surface area contributed by atoms with Crippen LogP contribution in [0.5, 0.6) is 0 Å². The Morgan fingerprint density at radius 1 is 1.33 bits per heavy atom. The first-order chi connectivity index (χ1) is 7.99. The van der Waals surface area contributed by atoms with Crippen LogP contribution >= 0.6 is 12.4 Å². The van der Waals surface area contributed by atoms with E-state index in [1.807, 2.05) is 0 Å². The summed E-state index contributed by atoms with van der Waals surface area (Å²) in [6, 6.07) is -0.0772. The molecule has 1 aliphatic heterocycles. The van der Waals surface area contributed by atoms with Crippen LogP contribution in [0.3, 0.4) is 0 Å². The van der Waals surface area contributed by atoms with Gasteiger partial charge in [-0.3, -0.25) is 4.79 Å². The second-order valence-electron chi connectivity index (χ2n) is 4.31. The minimum Gasteiger partial charge on any atom is -0.355 e. The molecule has 1 aliphatic rings. The molecule has 18 heavy (non-hydrogen) atoms. The fourth-order valence-electron chi connectivity index (χ4n) is 1.76. The van der Waals surface area contributed by atoms with Gasteiger partial charge in [0.1, 0.15) is 0 Å². The molecule has 3 N–H and O–H groups in total. The number of nitrogens with one attached hydrogen (secondary N) is 3. The van der Waals surface area contributed by atoms with Crippen molar-refractivity contribution in [2.45, 2.75) is 31.7 Å². The monoisotopic (exact) mass is 299 g/mol. The second-order valence-corrected chi connectivity index (χ2v) is 6.15. The molecule has 108 valence electrons. The van der Waals surface area contributed by atoms with Crippen LogP contribution in [0.2, 0.25) is 0 Å². The number of halogens is 1. The maximum absolute atomic E-state index is 11.6. The molecular weight excluding hydrogens is 278 g/mol. The molecule has 0 aromatic carbocycles. The lowest BCUT2D eigenvalue weighted by Gasteiger charge is -2.22. The van der Waals surface area contributed by atoms with Gasteiger partial charge >= 0.3 is 0 Å². The average Bonchev–Trinajstić information content (AvgIpc) is 2.28.